The molecule has 2 atom stereocenters. The average molecular weight is 223 g/mol. The van der Waals surface area contributed by atoms with Crippen LogP contribution < -0.4 is 5.32 Å². The highest BCUT2D eigenvalue weighted by atomic mass is 16.4. The lowest BCUT2D eigenvalue weighted by molar-refractivity contribution is 0.369. The van der Waals surface area contributed by atoms with E-state index in [9.17, 15) is 0 Å². The molecule has 0 aromatic carbocycles. The predicted octanol–water partition coefficient (Wildman–Crippen LogP) is 2.47. The zero-order valence-electron chi connectivity index (χ0n) is 10.4. The molecule has 1 heterocycles. The Hall–Kier alpha value is -0.900. The molecule has 1 aliphatic carbocycles. The molecule has 0 saturated heterocycles. The van der Waals surface area contributed by atoms with Crippen molar-refractivity contribution in [3.05, 3.63) is 11.8 Å². The molecule has 1 aromatic heterocycles. The Bertz CT molecular complexity index is 335. The SMILES string of the molecule is CC(C)NCc1nnc(C2CCCC2C)o1. The van der Waals surface area contributed by atoms with Gasteiger partial charge in [-0.1, -0.05) is 27.2 Å². The van der Waals surface area contributed by atoms with Gasteiger partial charge in [0.2, 0.25) is 11.8 Å². The standard InChI is InChI=1S/C12H21N3O/c1-8(2)13-7-11-14-15-12(16-11)10-6-4-5-9(10)3/h8-10,13H,4-7H2,1-3H3. The van der Waals surface area contributed by atoms with Crippen LogP contribution in [0.15, 0.2) is 4.42 Å². The Morgan fingerprint density at radius 1 is 1.38 bits per heavy atom. The van der Waals surface area contributed by atoms with Gasteiger partial charge < -0.3 is 9.73 Å². The number of aromatic nitrogens is 2. The van der Waals surface area contributed by atoms with E-state index < -0.39 is 0 Å². The molecule has 0 amide bonds. The lowest BCUT2D eigenvalue weighted by atomic mass is 9.98. The van der Waals surface area contributed by atoms with E-state index in [0.717, 1.165) is 5.89 Å². The Balaban J connectivity index is 1.96. The van der Waals surface area contributed by atoms with Gasteiger partial charge in [0.05, 0.1) is 6.54 Å². The van der Waals surface area contributed by atoms with Crippen LogP contribution in [0.2, 0.25) is 0 Å². The molecule has 4 heteroatoms. The number of hydrogen-bond donors (Lipinski definition) is 1. The van der Waals surface area contributed by atoms with Gasteiger partial charge in [0.25, 0.3) is 0 Å². The molecule has 1 fully saturated rings. The summed E-state index contributed by atoms with van der Waals surface area (Å²) in [6.07, 6.45) is 3.76. The van der Waals surface area contributed by atoms with E-state index in [2.05, 4.69) is 36.3 Å². The van der Waals surface area contributed by atoms with Crippen molar-refractivity contribution in [3.8, 4) is 0 Å². The molecule has 1 aliphatic rings. The van der Waals surface area contributed by atoms with Crippen LogP contribution in [0.3, 0.4) is 0 Å². The molecular weight excluding hydrogens is 202 g/mol. The molecular formula is C12H21N3O. The van der Waals surface area contributed by atoms with Gasteiger partial charge in [0.1, 0.15) is 0 Å². The third-order valence-electron chi connectivity index (χ3n) is 3.32. The Morgan fingerprint density at radius 2 is 2.19 bits per heavy atom. The molecule has 0 radical (unpaired) electrons. The van der Waals surface area contributed by atoms with Crippen molar-refractivity contribution in [2.45, 2.75) is 58.5 Å². The Morgan fingerprint density at radius 3 is 2.81 bits per heavy atom. The van der Waals surface area contributed by atoms with Crippen LogP contribution in [0.4, 0.5) is 0 Å². The maximum atomic E-state index is 5.70. The fraction of sp³-hybridized carbons (Fsp3) is 0.833. The minimum absolute atomic E-state index is 0.445. The van der Waals surface area contributed by atoms with E-state index in [0.29, 0.717) is 30.3 Å². The molecule has 1 aromatic rings. The van der Waals surface area contributed by atoms with Crippen LogP contribution >= 0.6 is 0 Å². The van der Waals surface area contributed by atoms with E-state index >= 15 is 0 Å². The number of nitrogens with one attached hydrogen (secondary N) is 1. The van der Waals surface area contributed by atoms with Crippen molar-refractivity contribution in [3.63, 3.8) is 0 Å². The fourth-order valence-corrected chi connectivity index (χ4v) is 2.29. The van der Waals surface area contributed by atoms with Crippen LogP contribution in [-0.2, 0) is 6.54 Å². The molecule has 4 nitrogen and oxygen atoms in total. The summed E-state index contributed by atoms with van der Waals surface area (Å²) in [5.74, 6) is 2.72. The van der Waals surface area contributed by atoms with Crippen LogP contribution in [-0.4, -0.2) is 16.2 Å². The smallest absolute Gasteiger partial charge is 0.230 e. The molecule has 0 aliphatic heterocycles. The monoisotopic (exact) mass is 223 g/mol. The second kappa shape index (κ2) is 4.95. The molecule has 0 bridgehead atoms. The van der Waals surface area contributed by atoms with Gasteiger partial charge in [-0.2, -0.15) is 0 Å². The van der Waals surface area contributed by atoms with E-state index in [1.807, 2.05) is 0 Å². The highest BCUT2D eigenvalue weighted by molar-refractivity contribution is 4.97. The van der Waals surface area contributed by atoms with Crippen molar-refractivity contribution >= 4 is 0 Å². The second-order valence-corrected chi connectivity index (χ2v) is 5.08. The van der Waals surface area contributed by atoms with Crippen molar-refractivity contribution < 1.29 is 4.42 Å². The lowest BCUT2D eigenvalue weighted by Crippen LogP contribution is -2.21. The summed E-state index contributed by atoms with van der Waals surface area (Å²) >= 11 is 0. The Labute approximate surface area is 96.8 Å². The van der Waals surface area contributed by atoms with Crippen LogP contribution in [0.5, 0.6) is 0 Å². The summed E-state index contributed by atoms with van der Waals surface area (Å²) in [6, 6.07) is 0.445. The molecule has 1 saturated carbocycles. The summed E-state index contributed by atoms with van der Waals surface area (Å²) in [5.41, 5.74) is 0. The zero-order chi connectivity index (χ0) is 11.5. The lowest BCUT2D eigenvalue weighted by Gasteiger charge is -2.09. The molecule has 0 spiro atoms. The Kier molecular flexibility index (Phi) is 3.59. The summed E-state index contributed by atoms with van der Waals surface area (Å²) in [6.45, 7) is 7.16. The molecule has 90 valence electrons. The summed E-state index contributed by atoms with van der Waals surface area (Å²) in [7, 11) is 0. The van der Waals surface area contributed by atoms with Gasteiger partial charge in [-0.3, -0.25) is 0 Å². The first-order chi connectivity index (χ1) is 7.66. The fourth-order valence-electron chi connectivity index (χ4n) is 2.29. The van der Waals surface area contributed by atoms with Gasteiger partial charge in [-0.05, 0) is 18.8 Å². The van der Waals surface area contributed by atoms with E-state index in [1.165, 1.54) is 19.3 Å². The first-order valence-corrected chi connectivity index (χ1v) is 6.22. The van der Waals surface area contributed by atoms with E-state index in [4.69, 9.17) is 4.42 Å². The highest BCUT2D eigenvalue weighted by Gasteiger charge is 2.29. The van der Waals surface area contributed by atoms with Gasteiger partial charge in [0.15, 0.2) is 0 Å². The van der Waals surface area contributed by atoms with Crippen molar-refractivity contribution in [1.82, 2.24) is 15.5 Å². The van der Waals surface area contributed by atoms with Gasteiger partial charge in [-0.15, -0.1) is 10.2 Å². The maximum Gasteiger partial charge on any atom is 0.230 e. The van der Waals surface area contributed by atoms with E-state index in [-0.39, 0.29) is 0 Å². The topological polar surface area (TPSA) is 51.0 Å². The summed E-state index contributed by atoms with van der Waals surface area (Å²) in [5, 5.41) is 11.5. The molecule has 16 heavy (non-hydrogen) atoms. The number of nitrogens with zero attached hydrogens (tertiary/aromatic N) is 2. The molecule has 2 rings (SSSR count). The van der Waals surface area contributed by atoms with Crippen LogP contribution in [0.1, 0.15) is 57.7 Å². The first kappa shape index (κ1) is 11.6. The largest absolute Gasteiger partial charge is 0.424 e. The summed E-state index contributed by atoms with van der Waals surface area (Å²) < 4.78 is 5.70. The summed E-state index contributed by atoms with van der Waals surface area (Å²) in [4.78, 5) is 0. The third-order valence-corrected chi connectivity index (χ3v) is 3.32. The van der Waals surface area contributed by atoms with Gasteiger partial charge in [-0.25, -0.2) is 0 Å². The van der Waals surface area contributed by atoms with Crippen molar-refractivity contribution in [1.29, 1.82) is 0 Å². The number of hydrogen-bond acceptors (Lipinski definition) is 4. The van der Waals surface area contributed by atoms with Gasteiger partial charge in [0, 0.05) is 12.0 Å². The van der Waals surface area contributed by atoms with Crippen LogP contribution in [0.25, 0.3) is 0 Å². The molecule has 2 unspecified atom stereocenters. The normalized spacial score (nSPS) is 25.5. The van der Waals surface area contributed by atoms with Gasteiger partial charge >= 0.3 is 0 Å². The minimum Gasteiger partial charge on any atom is -0.424 e. The third kappa shape index (κ3) is 2.61. The molecule has 1 N–H and O–H groups in total. The van der Waals surface area contributed by atoms with Crippen LogP contribution in [0, 0.1) is 5.92 Å². The highest BCUT2D eigenvalue weighted by Crippen LogP contribution is 2.38. The van der Waals surface area contributed by atoms with Crippen molar-refractivity contribution in [2.75, 3.05) is 0 Å². The van der Waals surface area contributed by atoms with Crippen molar-refractivity contribution in [2.24, 2.45) is 5.92 Å². The maximum absolute atomic E-state index is 5.70. The minimum atomic E-state index is 0.445. The average Bonchev–Trinajstić information content (AvgIpc) is 2.83. The predicted molar refractivity (Wildman–Crippen MR) is 62.0 cm³/mol. The van der Waals surface area contributed by atoms with E-state index in [1.54, 1.807) is 0 Å². The second-order valence-electron chi connectivity index (χ2n) is 5.08. The zero-order valence-corrected chi connectivity index (χ0v) is 10.4. The first-order valence-electron chi connectivity index (χ1n) is 6.22. The quantitative estimate of drug-likeness (QED) is 0.852. The number of rotatable bonds is 4.